The number of amides is 2. The van der Waals surface area contributed by atoms with E-state index in [0.717, 1.165) is 5.75 Å². The molecule has 0 aliphatic carbocycles. The number of hydrogen-bond acceptors (Lipinski definition) is 6. The van der Waals surface area contributed by atoms with Crippen LogP contribution in [0, 0.1) is 0 Å². The maximum atomic E-state index is 12.1. The van der Waals surface area contributed by atoms with Crippen LogP contribution in [0.15, 0.2) is 35.8 Å². The van der Waals surface area contributed by atoms with Gasteiger partial charge in [-0.3, -0.25) is 14.5 Å². The number of nitrogens with one attached hydrogen (secondary N) is 2. The number of ether oxygens (including phenoxy) is 1. The molecular weight excluding hydrogens is 328 g/mol. The van der Waals surface area contributed by atoms with Gasteiger partial charge < -0.3 is 15.4 Å². The van der Waals surface area contributed by atoms with Crippen LogP contribution in [0.4, 0.5) is 10.8 Å². The molecule has 2 aromatic rings. The lowest BCUT2D eigenvalue weighted by Gasteiger charge is -2.19. The molecule has 8 heteroatoms. The summed E-state index contributed by atoms with van der Waals surface area (Å²) in [5.74, 6) is 0.357. The molecule has 0 aliphatic heterocycles. The van der Waals surface area contributed by atoms with E-state index in [9.17, 15) is 9.59 Å². The van der Waals surface area contributed by atoms with Crippen molar-refractivity contribution in [3.8, 4) is 5.75 Å². The van der Waals surface area contributed by atoms with Crippen molar-refractivity contribution in [1.29, 1.82) is 0 Å². The number of methoxy groups -OCH3 is 1. The zero-order valence-electron chi connectivity index (χ0n) is 13.6. The molecule has 0 aliphatic rings. The van der Waals surface area contributed by atoms with Gasteiger partial charge in [0.25, 0.3) is 0 Å². The first-order valence-corrected chi connectivity index (χ1v) is 8.34. The molecule has 0 saturated carbocycles. The summed E-state index contributed by atoms with van der Waals surface area (Å²) in [5, 5.41) is 7.84. The standard InChI is InChI=1S/C16H20N4O3S/c1-3-20(11-15(22)19-16-17-8-9-24-16)10-14(21)18-12-4-6-13(23-2)7-5-12/h4-9H,3,10-11H2,1-2H3,(H,18,21)(H,17,19,22). The normalized spacial score (nSPS) is 10.5. The van der Waals surface area contributed by atoms with Gasteiger partial charge in [0.05, 0.1) is 20.2 Å². The molecular formula is C16H20N4O3S. The fraction of sp³-hybridized carbons (Fsp3) is 0.312. The summed E-state index contributed by atoms with van der Waals surface area (Å²) in [7, 11) is 1.59. The SMILES string of the molecule is CCN(CC(=O)Nc1ccc(OC)cc1)CC(=O)Nc1nccs1. The minimum atomic E-state index is -0.191. The first-order chi connectivity index (χ1) is 11.6. The number of rotatable bonds is 8. The van der Waals surface area contributed by atoms with Crippen LogP contribution < -0.4 is 15.4 Å². The molecule has 2 N–H and O–H groups in total. The smallest absolute Gasteiger partial charge is 0.240 e. The van der Waals surface area contributed by atoms with E-state index in [0.29, 0.717) is 17.4 Å². The van der Waals surface area contributed by atoms with Crippen LogP contribution in [0.1, 0.15) is 6.92 Å². The molecule has 2 rings (SSSR count). The number of aromatic nitrogens is 1. The second-order valence-electron chi connectivity index (χ2n) is 4.97. The molecule has 0 fully saturated rings. The highest BCUT2D eigenvalue weighted by atomic mass is 32.1. The van der Waals surface area contributed by atoms with Crippen LogP contribution in [0.5, 0.6) is 5.75 Å². The van der Waals surface area contributed by atoms with Gasteiger partial charge in [0.1, 0.15) is 5.75 Å². The van der Waals surface area contributed by atoms with Crippen molar-refractivity contribution in [2.75, 3.05) is 37.4 Å². The quantitative estimate of drug-likeness (QED) is 0.763. The highest BCUT2D eigenvalue weighted by Crippen LogP contribution is 2.15. The van der Waals surface area contributed by atoms with Gasteiger partial charge in [-0.25, -0.2) is 4.98 Å². The topological polar surface area (TPSA) is 83.6 Å². The third-order valence-electron chi connectivity index (χ3n) is 3.23. The van der Waals surface area contributed by atoms with Crippen LogP contribution in [0.3, 0.4) is 0 Å². The minimum Gasteiger partial charge on any atom is -0.497 e. The zero-order valence-corrected chi connectivity index (χ0v) is 14.4. The van der Waals surface area contributed by atoms with E-state index >= 15 is 0 Å². The van der Waals surface area contributed by atoms with Gasteiger partial charge in [0, 0.05) is 17.3 Å². The third-order valence-corrected chi connectivity index (χ3v) is 3.92. The summed E-state index contributed by atoms with van der Waals surface area (Å²) < 4.78 is 5.07. The lowest BCUT2D eigenvalue weighted by atomic mass is 10.3. The molecule has 0 saturated heterocycles. The van der Waals surface area contributed by atoms with Gasteiger partial charge in [-0.15, -0.1) is 11.3 Å². The van der Waals surface area contributed by atoms with Crippen molar-refractivity contribution in [2.24, 2.45) is 0 Å². The minimum absolute atomic E-state index is 0.131. The number of benzene rings is 1. The van der Waals surface area contributed by atoms with E-state index in [4.69, 9.17) is 4.74 Å². The fourth-order valence-corrected chi connectivity index (χ4v) is 2.55. The molecule has 2 amide bonds. The second kappa shape index (κ2) is 8.99. The summed E-state index contributed by atoms with van der Waals surface area (Å²) in [4.78, 5) is 29.8. The second-order valence-corrected chi connectivity index (χ2v) is 5.86. The van der Waals surface area contributed by atoms with Crippen molar-refractivity contribution in [1.82, 2.24) is 9.88 Å². The molecule has 1 heterocycles. The Bertz CT molecular complexity index is 658. The van der Waals surface area contributed by atoms with Crippen LogP contribution in [0.25, 0.3) is 0 Å². The van der Waals surface area contributed by atoms with Gasteiger partial charge in [-0.05, 0) is 30.8 Å². The van der Waals surface area contributed by atoms with E-state index in [1.807, 2.05) is 6.92 Å². The molecule has 24 heavy (non-hydrogen) atoms. The van der Waals surface area contributed by atoms with Gasteiger partial charge in [0.15, 0.2) is 5.13 Å². The lowest BCUT2D eigenvalue weighted by Crippen LogP contribution is -2.38. The van der Waals surface area contributed by atoms with E-state index in [1.165, 1.54) is 11.3 Å². The van der Waals surface area contributed by atoms with E-state index in [-0.39, 0.29) is 24.9 Å². The maximum Gasteiger partial charge on any atom is 0.240 e. The van der Waals surface area contributed by atoms with Gasteiger partial charge >= 0.3 is 0 Å². The Morgan fingerprint density at radius 2 is 1.83 bits per heavy atom. The third kappa shape index (κ3) is 5.64. The largest absolute Gasteiger partial charge is 0.497 e. The van der Waals surface area contributed by atoms with E-state index in [2.05, 4.69) is 15.6 Å². The molecule has 128 valence electrons. The molecule has 0 radical (unpaired) electrons. The summed E-state index contributed by atoms with van der Waals surface area (Å²) >= 11 is 1.35. The molecule has 7 nitrogen and oxygen atoms in total. The molecule has 1 aromatic heterocycles. The van der Waals surface area contributed by atoms with Crippen molar-refractivity contribution in [3.05, 3.63) is 35.8 Å². The lowest BCUT2D eigenvalue weighted by molar-refractivity contribution is -0.119. The summed E-state index contributed by atoms with van der Waals surface area (Å²) in [6, 6.07) is 7.08. The van der Waals surface area contributed by atoms with Gasteiger partial charge in [-0.1, -0.05) is 6.92 Å². The van der Waals surface area contributed by atoms with Crippen molar-refractivity contribution >= 4 is 34.0 Å². The first kappa shape index (κ1) is 17.9. The molecule has 1 aromatic carbocycles. The Morgan fingerprint density at radius 1 is 1.17 bits per heavy atom. The monoisotopic (exact) mass is 348 g/mol. The van der Waals surface area contributed by atoms with E-state index < -0.39 is 0 Å². The zero-order chi connectivity index (χ0) is 17.4. The fourth-order valence-electron chi connectivity index (χ4n) is 2.00. The van der Waals surface area contributed by atoms with Gasteiger partial charge in [0.2, 0.25) is 11.8 Å². The van der Waals surface area contributed by atoms with Gasteiger partial charge in [-0.2, -0.15) is 0 Å². The van der Waals surface area contributed by atoms with Crippen molar-refractivity contribution in [2.45, 2.75) is 6.92 Å². The highest BCUT2D eigenvalue weighted by Gasteiger charge is 2.14. The average Bonchev–Trinajstić information content (AvgIpc) is 3.07. The maximum absolute atomic E-state index is 12.1. The van der Waals surface area contributed by atoms with Crippen LogP contribution in [-0.2, 0) is 9.59 Å². The van der Waals surface area contributed by atoms with Crippen molar-refractivity contribution < 1.29 is 14.3 Å². The Hall–Kier alpha value is -2.45. The Morgan fingerprint density at radius 3 is 2.38 bits per heavy atom. The number of anilines is 2. The molecule has 0 unspecified atom stereocenters. The van der Waals surface area contributed by atoms with Crippen LogP contribution in [-0.4, -0.2) is 48.4 Å². The Kier molecular flexibility index (Phi) is 6.71. The summed E-state index contributed by atoms with van der Waals surface area (Å²) in [6.07, 6.45) is 1.63. The first-order valence-electron chi connectivity index (χ1n) is 7.46. The summed E-state index contributed by atoms with van der Waals surface area (Å²) in [6.45, 7) is 2.75. The number of carbonyl (C=O) groups excluding carboxylic acids is 2. The summed E-state index contributed by atoms with van der Waals surface area (Å²) in [5.41, 5.74) is 0.684. The number of likely N-dealkylation sites (N-methyl/N-ethyl adjacent to an activating group) is 1. The molecule has 0 spiro atoms. The van der Waals surface area contributed by atoms with Crippen molar-refractivity contribution in [3.63, 3.8) is 0 Å². The number of carbonyl (C=O) groups is 2. The highest BCUT2D eigenvalue weighted by molar-refractivity contribution is 7.13. The average molecular weight is 348 g/mol. The predicted molar refractivity (Wildman–Crippen MR) is 94.5 cm³/mol. The van der Waals surface area contributed by atoms with Crippen LogP contribution >= 0.6 is 11.3 Å². The number of hydrogen-bond donors (Lipinski definition) is 2. The number of nitrogens with zero attached hydrogens (tertiary/aromatic N) is 2. The predicted octanol–water partition coefficient (Wildman–Crippen LogP) is 2.05. The van der Waals surface area contributed by atoms with Crippen LogP contribution in [0.2, 0.25) is 0 Å². The molecule has 0 atom stereocenters. The Balaban J connectivity index is 1.82. The number of thiazole rings is 1. The molecule has 0 bridgehead atoms. The Labute approximate surface area is 144 Å². The van der Waals surface area contributed by atoms with E-state index in [1.54, 1.807) is 47.9 Å².